The van der Waals surface area contributed by atoms with Gasteiger partial charge in [-0.05, 0) is 19.9 Å². The van der Waals surface area contributed by atoms with E-state index in [4.69, 9.17) is 4.74 Å². The van der Waals surface area contributed by atoms with E-state index >= 15 is 0 Å². The van der Waals surface area contributed by atoms with Crippen molar-refractivity contribution in [2.24, 2.45) is 0 Å². The third-order valence-electron chi connectivity index (χ3n) is 2.34. The van der Waals surface area contributed by atoms with Crippen LogP contribution in [0, 0.1) is 0 Å². The molecule has 1 heterocycles. The standard InChI is InChI=1S/C10H12O3/c1-9(2,12)8(11)10-6-4-3-5-7(10)13-10/h3-7,12H,1-2H3. The van der Waals surface area contributed by atoms with Gasteiger partial charge in [0, 0.05) is 0 Å². The van der Waals surface area contributed by atoms with Gasteiger partial charge >= 0.3 is 0 Å². The molecule has 2 rings (SSSR count). The molecular formula is C10H12O3. The van der Waals surface area contributed by atoms with E-state index in [0.29, 0.717) is 0 Å². The van der Waals surface area contributed by atoms with E-state index in [9.17, 15) is 9.90 Å². The topological polar surface area (TPSA) is 49.8 Å². The summed E-state index contributed by atoms with van der Waals surface area (Å²) in [5.41, 5.74) is -2.20. The van der Waals surface area contributed by atoms with Crippen molar-refractivity contribution in [3.05, 3.63) is 24.3 Å². The Balaban J connectivity index is 2.25. The lowest BCUT2D eigenvalue weighted by Crippen LogP contribution is -2.42. The summed E-state index contributed by atoms with van der Waals surface area (Å²) in [7, 11) is 0. The van der Waals surface area contributed by atoms with Gasteiger partial charge in [-0.25, -0.2) is 0 Å². The van der Waals surface area contributed by atoms with Crippen LogP contribution in [-0.4, -0.2) is 28.2 Å². The number of rotatable bonds is 2. The second kappa shape index (κ2) is 2.30. The number of fused-ring (bicyclic) bond motifs is 1. The summed E-state index contributed by atoms with van der Waals surface area (Å²) in [4.78, 5) is 11.7. The molecule has 0 aromatic rings. The molecule has 1 aliphatic carbocycles. The van der Waals surface area contributed by atoms with E-state index in [-0.39, 0.29) is 11.9 Å². The van der Waals surface area contributed by atoms with Crippen LogP contribution in [0.15, 0.2) is 24.3 Å². The van der Waals surface area contributed by atoms with Gasteiger partial charge in [0.2, 0.25) is 5.78 Å². The molecule has 3 heteroatoms. The molecule has 13 heavy (non-hydrogen) atoms. The predicted octanol–water partition coefficient (Wildman–Crippen LogP) is 0.590. The zero-order valence-corrected chi connectivity index (χ0v) is 7.65. The molecule has 0 aromatic carbocycles. The third kappa shape index (κ3) is 1.16. The maximum absolute atomic E-state index is 11.7. The third-order valence-corrected chi connectivity index (χ3v) is 2.34. The smallest absolute Gasteiger partial charge is 0.202 e. The number of hydrogen-bond donors (Lipinski definition) is 1. The molecule has 0 saturated carbocycles. The van der Waals surface area contributed by atoms with Crippen LogP contribution < -0.4 is 0 Å². The largest absolute Gasteiger partial charge is 0.383 e. The fourth-order valence-corrected chi connectivity index (χ4v) is 1.59. The van der Waals surface area contributed by atoms with Crippen molar-refractivity contribution in [1.82, 2.24) is 0 Å². The first-order chi connectivity index (χ1) is 5.97. The van der Waals surface area contributed by atoms with Gasteiger partial charge in [0.15, 0.2) is 5.60 Å². The highest BCUT2D eigenvalue weighted by atomic mass is 16.6. The van der Waals surface area contributed by atoms with Crippen molar-refractivity contribution in [2.75, 3.05) is 0 Å². The number of carbonyl (C=O) groups is 1. The highest BCUT2D eigenvalue weighted by molar-refractivity contribution is 5.99. The Kier molecular flexibility index (Phi) is 1.54. The normalized spacial score (nSPS) is 35.8. The van der Waals surface area contributed by atoms with E-state index in [1.54, 1.807) is 12.2 Å². The molecule has 3 nitrogen and oxygen atoms in total. The van der Waals surface area contributed by atoms with Crippen LogP contribution in [0.2, 0.25) is 0 Å². The molecule has 0 spiro atoms. The Hall–Kier alpha value is -0.930. The van der Waals surface area contributed by atoms with Crippen LogP contribution >= 0.6 is 0 Å². The van der Waals surface area contributed by atoms with Crippen molar-refractivity contribution in [1.29, 1.82) is 0 Å². The highest BCUT2D eigenvalue weighted by Crippen LogP contribution is 2.44. The molecule has 1 saturated heterocycles. The molecule has 1 N–H and O–H groups in total. The second-order valence-electron chi connectivity index (χ2n) is 3.96. The first kappa shape index (κ1) is 8.66. The zero-order valence-electron chi connectivity index (χ0n) is 7.65. The summed E-state index contributed by atoms with van der Waals surface area (Å²) in [5, 5.41) is 9.54. The SMILES string of the molecule is CC(C)(O)C(=O)C12C=CC=CC1O2. The Morgan fingerprint density at radius 2 is 2.23 bits per heavy atom. The van der Waals surface area contributed by atoms with Gasteiger partial charge in [0.1, 0.15) is 11.7 Å². The van der Waals surface area contributed by atoms with E-state index in [1.165, 1.54) is 13.8 Å². The first-order valence-corrected chi connectivity index (χ1v) is 4.28. The first-order valence-electron chi connectivity index (χ1n) is 4.28. The summed E-state index contributed by atoms with van der Waals surface area (Å²) in [6, 6.07) is 0. The molecule has 0 aromatic heterocycles. The fraction of sp³-hybridized carbons (Fsp3) is 0.500. The quantitative estimate of drug-likeness (QED) is 0.633. The van der Waals surface area contributed by atoms with Gasteiger partial charge in [0.05, 0.1) is 0 Å². The minimum absolute atomic E-state index is 0.170. The van der Waals surface area contributed by atoms with Crippen molar-refractivity contribution in [3.8, 4) is 0 Å². The number of allylic oxidation sites excluding steroid dienone is 2. The molecule has 70 valence electrons. The Bertz CT molecular complexity index is 309. The van der Waals surface area contributed by atoms with Crippen molar-refractivity contribution in [2.45, 2.75) is 31.2 Å². The lowest BCUT2D eigenvalue weighted by atomic mass is 9.87. The number of Topliss-reactive ketones (excluding diaryl/α,β-unsaturated/α-hetero) is 1. The Labute approximate surface area is 76.7 Å². The van der Waals surface area contributed by atoms with Crippen molar-refractivity contribution >= 4 is 5.78 Å². The van der Waals surface area contributed by atoms with E-state index in [0.717, 1.165) is 0 Å². The number of aliphatic hydroxyl groups is 1. The molecule has 2 atom stereocenters. The average molecular weight is 180 g/mol. The van der Waals surface area contributed by atoms with Gasteiger partial charge in [-0.15, -0.1) is 0 Å². The van der Waals surface area contributed by atoms with E-state index in [2.05, 4.69) is 0 Å². The number of hydrogen-bond acceptors (Lipinski definition) is 3. The number of ether oxygens (including phenoxy) is 1. The minimum atomic E-state index is -1.33. The summed E-state index contributed by atoms with van der Waals surface area (Å²) < 4.78 is 5.27. The van der Waals surface area contributed by atoms with Crippen LogP contribution in [0.1, 0.15) is 13.8 Å². The lowest BCUT2D eigenvalue weighted by molar-refractivity contribution is -0.138. The van der Waals surface area contributed by atoms with Gasteiger partial charge in [-0.1, -0.05) is 18.2 Å². The number of epoxide rings is 1. The second-order valence-corrected chi connectivity index (χ2v) is 3.96. The number of carbonyl (C=O) groups excluding carboxylic acids is 1. The number of ketones is 1. The molecular weight excluding hydrogens is 168 g/mol. The maximum atomic E-state index is 11.7. The van der Waals surface area contributed by atoms with E-state index in [1.807, 2.05) is 12.2 Å². The van der Waals surface area contributed by atoms with Crippen LogP contribution in [-0.2, 0) is 9.53 Å². The summed E-state index contributed by atoms with van der Waals surface area (Å²) >= 11 is 0. The molecule has 0 amide bonds. The maximum Gasteiger partial charge on any atom is 0.202 e. The summed E-state index contributed by atoms with van der Waals surface area (Å²) in [6.45, 7) is 2.96. The van der Waals surface area contributed by atoms with Crippen molar-refractivity contribution < 1.29 is 14.6 Å². The molecule has 2 aliphatic rings. The highest BCUT2D eigenvalue weighted by Gasteiger charge is 2.62. The van der Waals surface area contributed by atoms with Crippen LogP contribution in [0.5, 0.6) is 0 Å². The lowest BCUT2D eigenvalue weighted by Gasteiger charge is -2.19. The van der Waals surface area contributed by atoms with Crippen molar-refractivity contribution in [3.63, 3.8) is 0 Å². The monoisotopic (exact) mass is 180 g/mol. The molecule has 2 unspecified atom stereocenters. The van der Waals surface area contributed by atoms with Crippen LogP contribution in [0.25, 0.3) is 0 Å². The van der Waals surface area contributed by atoms with Gasteiger partial charge < -0.3 is 9.84 Å². The Morgan fingerprint density at radius 1 is 1.54 bits per heavy atom. The van der Waals surface area contributed by atoms with Crippen LogP contribution in [0.3, 0.4) is 0 Å². The molecule has 1 aliphatic heterocycles. The minimum Gasteiger partial charge on any atom is -0.383 e. The van der Waals surface area contributed by atoms with Crippen LogP contribution in [0.4, 0.5) is 0 Å². The van der Waals surface area contributed by atoms with E-state index < -0.39 is 11.2 Å². The van der Waals surface area contributed by atoms with Gasteiger partial charge in [-0.2, -0.15) is 0 Å². The van der Waals surface area contributed by atoms with Gasteiger partial charge in [0.25, 0.3) is 0 Å². The van der Waals surface area contributed by atoms with Gasteiger partial charge in [-0.3, -0.25) is 4.79 Å². The zero-order chi connectivity index (χ0) is 9.69. The Morgan fingerprint density at radius 3 is 2.77 bits per heavy atom. The molecule has 0 bridgehead atoms. The summed E-state index contributed by atoms with van der Waals surface area (Å²) in [6.07, 6.45) is 6.97. The average Bonchev–Trinajstić information content (AvgIpc) is 2.76. The molecule has 0 radical (unpaired) electrons. The predicted molar refractivity (Wildman–Crippen MR) is 47.2 cm³/mol. The molecule has 1 fully saturated rings. The fourth-order valence-electron chi connectivity index (χ4n) is 1.59. The summed E-state index contributed by atoms with van der Waals surface area (Å²) in [5.74, 6) is -0.273.